The molecule has 0 bridgehead atoms. The quantitative estimate of drug-likeness (QED) is 0.453. The number of thioether (sulfide) groups is 1. The number of nitrogens with two attached hydrogens (primary N) is 1. The van der Waals surface area contributed by atoms with Crippen LogP contribution in [0.1, 0.15) is 0 Å². The summed E-state index contributed by atoms with van der Waals surface area (Å²) in [6.45, 7) is 0. The van der Waals surface area contributed by atoms with Crippen LogP contribution in [0.5, 0.6) is 0 Å². The molecule has 0 saturated heterocycles. The molecule has 13 heavy (non-hydrogen) atoms. The highest BCUT2D eigenvalue weighted by Gasteiger charge is 2.00. The van der Waals surface area contributed by atoms with Gasteiger partial charge < -0.3 is 10.5 Å². The second kappa shape index (κ2) is 4.77. The number of carbonyl (C=O) groups is 1. The second-order valence-corrected chi connectivity index (χ2v) is 3.48. The zero-order chi connectivity index (χ0) is 9.68. The summed E-state index contributed by atoms with van der Waals surface area (Å²) in [4.78, 5) is 11.8. The Morgan fingerprint density at radius 1 is 1.46 bits per heavy atom. The molecule has 0 aliphatic rings. The van der Waals surface area contributed by atoms with Gasteiger partial charge >= 0.3 is 5.97 Å². The van der Waals surface area contributed by atoms with E-state index in [0.717, 1.165) is 10.6 Å². The van der Waals surface area contributed by atoms with Crippen LogP contribution >= 0.6 is 11.8 Å². The topological polar surface area (TPSA) is 52.3 Å². The Morgan fingerprint density at radius 3 is 2.62 bits per heavy atom. The Kier molecular flexibility index (Phi) is 3.64. The van der Waals surface area contributed by atoms with E-state index in [9.17, 15) is 4.79 Å². The lowest BCUT2D eigenvalue weighted by Gasteiger charge is -2.00. The summed E-state index contributed by atoms with van der Waals surface area (Å²) in [7, 11) is 1.38. The monoisotopic (exact) mass is 197 g/mol. The molecule has 0 atom stereocenters. The van der Waals surface area contributed by atoms with E-state index < -0.39 is 0 Å². The number of methoxy groups -OCH3 is 1. The Morgan fingerprint density at radius 2 is 2.08 bits per heavy atom. The minimum absolute atomic E-state index is 0.221. The van der Waals surface area contributed by atoms with Gasteiger partial charge in [-0.2, -0.15) is 0 Å². The van der Waals surface area contributed by atoms with Gasteiger partial charge in [0.15, 0.2) is 0 Å². The molecule has 2 N–H and O–H groups in total. The van der Waals surface area contributed by atoms with Crippen LogP contribution in [-0.2, 0) is 9.53 Å². The van der Waals surface area contributed by atoms with Crippen molar-refractivity contribution in [3.8, 4) is 0 Å². The molecule has 0 aliphatic carbocycles. The van der Waals surface area contributed by atoms with E-state index in [2.05, 4.69) is 4.74 Å². The van der Waals surface area contributed by atoms with Crippen LogP contribution in [0.15, 0.2) is 29.2 Å². The van der Waals surface area contributed by atoms with Crippen LogP contribution < -0.4 is 5.73 Å². The number of rotatable bonds is 3. The highest BCUT2D eigenvalue weighted by Crippen LogP contribution is 2.18. The number of hydrogen-bond acceptors (Lipinski definition) is 4. The second-order valence-electron chi connectivity index (χ2n) is 2.43. The summed E-state index contributed by atoms with van der Waals surface area (Å²) in [5.74, 6) is 0.113. The van der Waals surface area contributed by atoms with Crippen molar-refractivity contribution in [2.75, 3.05) is 18.6 Å². The third-order valence-electron chi connectivity index (χ3n) is 1.46. The normalized spacial score (nSPS) is 9.62. The number of esters is 1. The molecule has 0 radical (unpaired) electrons. The van der Waals surface area contributed by atoms with Crippen molar-refractivity contribution in [3.05, 3.63) is 24.3 Å². The van der Waals surface area contributed by atoms with Crippen LogP contribution in [-0.4, -0.2) is 18.8 Å². The summed E-state index contributed by atoms with van der Waals surface area (Å²) in [5.41, 5.74) is 6.23. The lowest BCUT2D eigenvalue weighted by Crippen LogP contribution is -2.02. The van der Waals surface area contributed by atoms with Crippen molar-refractivity contribution in [3.63, 3.8) is 0 Å². The minimum Gasteiger partial charge on any atom is -0.468 e. The van der Waals surface area contributed by atoms with Crippen molar-refractivity contribution in [1.29, 1.82) is 0 Å². The molecule has 0 heterocycles. The van der Waals surface area contributed by atoms with E-state index in [-0.39, 0.29) is 5.97 Å². The van der Waals surface area contributed by atoms with Crippen molar-refractivity contribution >= 4 is 23.4 Å². The molecule has 1 aromatic rings. The Hall–Kier alpha value is -1.16. The van der Waals surface area contributed by atoms with Crippen LogP contribution in [0.25, 0.3) is 0 Å². The van der Waals surface area contributed by atoms with E-state index in [4.69, 9.17) is 5.73 Å². The SMILES string of the molecule is COC(=O)CSc1ccc(N)cc1. The molecule has 0 amide bonds. The molecule has 0 fully saturated rings. The van der Waals surface area contributed by atoms with Crippen LogP contribution in [0.4, 0.5) is 5.69 Å². The molecule has 1 aromatic carbocycles. The van der Waals surface area contributed by atoms with Crippen molar-refractivity contribution in [2.45, 2.75) is 4.90 Å². The van der Waals surface area contributed by atoms with E-state index in [1.54, 1.807) is 12.1 Å². The van der Waals surface area contributed by atoms with Gasteiger partial charge in [-0.1, -0.05) is 0 Å². The maximum absolute atomic E-state index is 10.8. The number of benzene rings is 1. The van der Waals surface area contributed by atoms with Gasteiger partial charge in [-0.25, -0.2) is 0 Å². The van der Waals surface area contributed by atoms with E-state index in [1.165, 1.54) is 18.9 Å². The fourth-order valence-electron chi connectivity index (χ4n) is 0.765. The molecular formula is C9H11NO2S. The first-order chi connectivity index (χ1) is 6.22. The number of carbonyl (C=O) groups excluding carboxylic acids is 1. The number of nitrogen functional groups attached to an aromatic ring is 1. The summed E-state index contributed by atoms with van der Waals surface area (Å²) in [6.07, 6.45) is 0. The highest BCUT2D eigenvalue weighted by atomic mass is 32.2. The van der Waals surface area contributed by atoms with Gasteiger partial charge in [-0.05, 0) is 24.3 Å². The molecular weight excluding hydrogens is 186 g/mol. The van der Waals surface area contributed by atoms with E-state index in [1.807, 2.05) is 12.1 Å². The predicted octanol–water partition coefficient (Wildman–Crippen LogP) is 1.53. The van der Waals surface area contributed by atoms with Gasteiger partial charge in [-0.15, -0.1) is 11.8 Å². The van der Waals surface area contributed by atoms with Crippen molar-refractivity contribution in [2.24, 2.45) is 0 Å². The summed E-state index contributed by atoms with van der Waals surface area (Å²) in [5, 5.41) is 0. The largest absolute Gasteiger partial charge is 0.468 e. The zero-order valence-electron chi connectivity index (χ0n) is 7.32. The van der Waals surface area contributed by atoms with Gasteiger partial charge in [0.25, 0.3) is 0 Å². The Balaban J connectivity index is 2.46. The van der Waals surface area contributed by atoms with Crippen LogP contribution in [0.2, 0.25) is 0 Å². The summed E-state index contributed by atoms with van der Waals surface area (Å²) in [6, 6.07) is 7.37. The van der Waals surface area contributed by atoms with Gasteiger partial charge in [0.2, 0.25) is 0 Å². The lowest BCUT2D eigenvalue weighted by atomic mass is 10.3. The molecule has 0 saturated carbocycles. The molecule has 70 valence electrons. The van der Waals surface area contributed by atoms with Gasteiger partial charge in [-0.3, -0.25) is 4.79 Å². The molecule has 3 nitrogen and oxygen atoms in total. The minimum atomic E-state index is -0.221. The maximum Gasteiger partial charge on any atom is 0.315 e. The number of anilines is 1. The first kappa shape index (κ1) is 9.92. The summed E-state index contributed by atoms with van der Waals surface area (Å²) < 4.78 is 4.51. The molecule has 0 aromatic heterocycles. The van der Waals surface area contributed by atoms with Gasteiger partial charge in [0.1, 0.15) is 0 Å². The first-order valence-corrected chi connectivity index (χ1v) is 4.76. The Bertz CT molecular complexity index is 284. The lowest BCUT2D eigenvalue weighted by molar-refractivity contribution is -0.137. The average molecular weight is 197 g/mol. The van der Waals surface area contributed by atoms with Gasteiger partial charge in [0.05, 0.1) is 12.9 Å². The fourth-order valence-corrected chi connectivity index (χ4v) is 1.50. The first-order valence-electron chi connectivity index (χ1n) is 3.77. The smallest absolute Gasteiger partial charge is 0.315 e. The fraction of sp³-hybridized carbons (Fsp3) is 0.222. The van der Waals surface area contributed by atoms with Gasteiger partial charge in [0, 0.05) is 10.6 Å². The number of ether oxygens (including phenoxy) is 1. The molecule has 0 aliphatic heterocycles. The molecule has 4 heteroatoms. The van der Waals surface area contributed by atoms with E-state index in [0.29, 0.717) is 5.75 Å². The zero-order valence-corrected chi connectivity index (χ0v) is 8.14. The van der Waals surface area contributed by atoms with Crippen molar-refractivity contribution < 1.29 is 9.53 Å². The Labute approximate surface area is 81.3 Å². The predicted molar refractivity (Wildman–Crippen MR) is 53.6 cm³/mol. The maximum atomic E-state index is 10.8. The average Bonchev–Trinajstić information content (AvgIpc) is 2.16. The van der Waals surface area contributed by atoms with E-state index >= 15 is 0 Å². The molecule has 1 rings (SSSR count). The molecule has 0 spiro atoms. The van der Waals surface area contributed by atoms with Crippen molar-refractivity contribution in [1.82, 2.24) is 0 Å². The standard InChI is InChI=1S/C9H11NO2S/c1-12-9(11)6-13-8-4-2-7(10)3-5-8/h2-5H,6,10H2,1H3. The summed E-state index contributed by atoms with van der Waals surface area (Å²) >= 11 is 1.43. The van der Waals surface area contributed by atoms with Crippen LogP contribution in [0, 0.1) is 0 Å². The third kappa shape index (κ3) is 3.38. The molecule has 0 unspecified atom stereocenters. The van der Waals surface area contributed by atoms with Crippen LogP contribution in [0.3, 0.4) is 0 Å². The third-order valence-corrected chi connectivity index (χ3v) is 2.45. The highest BCUT2D eigenvalue weighted by molar-refractivity contribution is 8.00. The number of hydrogen-bond donors (Lipinski definition) is 1.